The number of para-hydroxylation sites is 1. The van der Waals surface area contributed by atoms with Gasteiger partial charge in [-0.25, -0.2) is 4.79 Å². The van der Waals surface area contributed by atoms with Gasteiger partial charge in [-0.1, -0.05) is 68.4 Å². The van der Waals surface area contributed by atoms with E-state index in [1.54, 1.807) is 36.2 Å². The van der Waals surface area contributed by atoms with E-state index in [0.717, 1.165) is 11.3 Å². The summed E-state index contributed by atoms with van der Waals surface area (Å²) in [4.78, 5) is 27.0. The first-order chi connectivity index (χ1) is 14.5. The smallest absolute Gasteiger partial charge is 0.319 e. The third-order valence-corrected chi connectivity index (χ3v) is 4.93. The van der Waals surface area contributed by atoms with Gasteiger partial charge in [0, 0.05) is 24.0 Å². The molecule has 3 aromatic carbocycles. The molecule has 0 aliphatic carbocycles. The van der Waals surface area contributed by atoms with Crippen LogP contribution >= 0.6 is 0 Å². The zero-order valence-electron chi connectivity index (χ0n) is 17.5. The van der Waals surface area contributed by atoms with Crippen molar-refractivity contribution < 1.29 is 9.59 Å². The lowest BCUT2D eigenvalue weighted by atomic mass is 9.96. The molecule has 0 aliphatic rings. The SMILES string of the molecule is CC(C)C(NC(=O)Nc1cccc(C(=O)N(C)c2ccccc2)c1)c1ccccc1. The Kier molecular flexibility index (Phi) is 6.86. The Hall–Kier alpha value is -3.60. The first-order valence-corrected chi connectivity index (χ1v) is 10.0. The summed E-state index contributed by atoms with van der Waals surface area (Å²) in [5.41, 5.74) is 2.93. The average Bonchev–Trinajstić information content (AvgIpc) is 2.77. The summed E-state index contributed by atoms with van der Waals surface area (Å²) >= 11 is 0. The van der Waals surface area contributed by atoms with Crippen LogP contribution in [0.15, 0.2) is 84.9 Å². The largest absolute Gasteiger partial charge is 0.331 e. The van der Waals surface area contributed by atoms with Gasteiger partial charge in [-0.3, -0.25) is 4.79 Å². The third-order valence-electron chi connectivity index (χ3n) is 4.93. The van der Waals surface area contributed by atoms with Crippen LogP contribution in [0.25, 0.3) is 0 Å². The van der Waals surface area contributed by atoms with Crippen LogP contribution in [0.4, 0.5) is 16.2 Å². The summed E-state index contributed by atoms with van der Waals surface area (Å²) in [6.45, 7) is 4.13. The Morgan fingerprint density at radius 1 is 0.833 bits per heavy atom. The van der Waals surface area contributed by atoms with Gasteiger partial charge in [0.1, 0.15) is 0 Å². The Labute approximate surface area is 177 Å². The number of nitrogens with zero attached hydrogens (tertiary/aromatic N) is 1. The first-order valence-electron chi connectivity index (χ1n) is 10.0. The minimum Gasteiger partial charge on any atom is -0.331 e. The highest BCUT2D eigenvalue weighted by atomic mass is 16.2. The maximum atomic E-state index is 12.8. The molecule has 0 saturated carbocycles. The fraction of sp³-hybridized carbons (Fsp3) is 0.200. The second-order valence-corrected chi connectivity index (χ2v) is 7.51. The second-order valence-electron chi connectivity index (χ2n) is 7.51. The molecule has 2 N–H and O–H groups in total. The van der Waals surface area contributed by atoms with Crippen LogP contribution in [-0.2, 0) is 0 Å². The van der Waals surface area contributed by atoms with Gasteiger partial charge in [-0.15, -0.1) is 0 Å². The van der Waals surface area contributed by atoms with Gasteiger partial charge in [-0.2, -0.15) is 0 Å². The Morgan fingerprint density at radius 3 is 2.10 bits per heavy atom. The molecule has 0 bridgehead atoms. The predicted octanol–water partition coefficient (Wildman–Crippen LogP) is 5.48. The van der Waals surface area contributed by atoms with Gasteiger partial charge >= 0.3 is 6.03 Å². The summed E-state index contributed by atoms with van der Waals surface area (Å²) in [5, 5.41) is 5.88. The van der Waals surface area contributed by atoms with Crippen molar-refractivity contribution in [3.8, 4) is 0 Å². The summed E-state index contributed by atoms with van der Waals surface area (Å²) < 4.78 is 0. The number of anilines is 2. The molecular weight excluding hydrogens is 374 g/mol. The number of amides is 3. The van der Waals surface area contributed by atoms with Crippen molar-refractivity contribution >= 4 is 23.3 Å². The van der Waals surface area contributed by atoms with E-state index in [0.29, 0.717) is 11.3 Å². The fourth-order valence-corrected chi connectivity index (χ4v) is 3.30. The number of carbonyl (C=O) groups is 2. The Morgan fingerprint density at radius 2 is 1.47 bits per heavy atom. The molecule has 0 heterocycles. The van der Waals surface area contributed by atoms with Crippen molar-refractivity contribution in [2.75, 3.05) is 17.3 Å². The molecule has 0 radical (unpaired) electrons. The summed E-state index contributed by atoms with van der Waals surface area (Å²) in [6, 6.07) is 25.9. The summed E-state index contributed by atoms with van der Waals surface area (Å²) in [5.74, 6) is 0.0835. The molecule has 5 nitrogen and oxygen atoms in total. The standard InChI is InChI=1S/C25H27N3O2/c1-18(2)23(19-11-6-4-7-12-19)27-25(30)26-21-14-10-13-20(17-21)24(29)28(3)22-15-8-5-9-16-22/h4-18,23H,1-3H3,(H2,26,27,30). The van der Waals surface area contributed by atoms with Crippen molar-refractivity contribution in [1.82, 2.24) is 5.32 Å². The van der Waals surface area contributed by atoms with E-state index in [2.05, 4.69) is 24.5 Å². The monoisotopic (exact) mass is 401 g/mol. The topological polar surface area (TPSA) is 61.4 Å². The van der Waals surface area contributed by atoms with Gasteiger partial charge < -0.3 is 15.5 Å². The maximum absolute atomic E-state index is 12.8. The van der Waals surface area contributed by atoms with E-state index in [1.165, 1.54) is 0 Å². The third kappa shape index (κ3) is 5.26. The van der Waals surface area contributed by atoms with Crippen LogP contribution in [0, 0.1) is 5.92 Å². The molecule has 1 unspecified atom stereocenters. The molecule has 0 spiro atoms. The summed E-state index contributed by atoms with van der Waals surface area (Å²) in [6.07, 6.45) is 0. The molecule has 0 aromatic heterocycles. The van der Waals surface area contributed by atoms with E-state index in [-0.39, 0.29) is 23.9 Å². The van der Waals surface area contributed by atoms with Crippen LogP contribution in [0.2, 0.25) is 0 Å². The molecule has 3 rings (SSSR count). The highest BCUT2D eigenvalue weighted by Crippen LogP contribution is 2.22. The Bertz CT molecular complexity index is 988. The number of hydrogen-bond donors (Lipinski definition) is 2. The number of hydrogen-bond acceptors (Lipinski definition) is 2. The minimum absolute atomic E-state index is 0.111. The Balaban J connectivity index is 1.70. The van der Waals surface area contributed by atoms with E-state index < -0.39 is 0 Å². The van der Waals surface area contributed by atoms with E-state index in [4.69, 9.17) is 0 Å². The molecule has 30 heavy (non-hydrogen) atoms. The predicted molar refractivity (Wildman–Crippen MR) is 122 cm³/mol. The lowest BCUT2D eigenvalue weighted by Crippen LogP contribution is -2.35. The normalized spacial score (nSPS) is 11.6. The zero-order chi connectivity index (χ0) is 21.5. The number of nitrogens with one attached hydrogen (secondary N) is 2. The maximum Gasteiger partial charge on any atom is 0.319 e. The molecule has 1 atom stereocenters. The minimum atomic E-state index is -0.307. The van der Waals surface area contributed by atoms with E-state index in [9.17, 15) is 9.59 Å². The lowest BCUT2D eigenvalue weighted by Gasteiger charge is -2.23. The van der Waals surface area contributed by atoms with Crippen LogP contribution in [-0.4, -0.2) is 19.0 Å². The van der Waals surface area contributed by atoms with Crippen LogP contribution in [0.1, 0.15) is 35.8 Å². The average molecular weight is 402 g/mol. The van der Waals surface area contributed by atoms with Gasteiger partial charge in [-0.05, 0) is 41.8 Å². The molecule has 5 heteroatoms. The van der Waals surface area contributed by atoms with Gasteiger partial charge in [0.2, 0.25) is 0 Å². The molecular formula is C25H27N3O2. The van der Waals surface area contributed by atoms with E-state index >= 15 is 0 Å². The first kappa shape index (κ1) is 21.1. The number of carbonyl (C=O) groups excluding carboxylic acids is 2. The van der Waals surface area contributed by atoms with Crippen LogP contribution in [0.3, 0.4) is 0 Å². The number of rotatable bonds is 6. The molecule has 0 saturated heterocycles. The van der Waals surface area contributed by atoms with Gasteiger partial charge in [0.15, 0.2) is 0 Å². The van der Waals surface area contributed by atoms with Crippen LogP contribution in [0.5, 0.6) is 0 Å². The van der Waals surface area contributed by atoms with Crippen molar-refractivity contribution in [2.24, 2.45) is 5.92 Å². The molecule has 0 aliphatic heterocycles. The van der Waals surface area contributed by atoms with Gasteiger partial charge in [0.25, 0.3) is 5.91 Å². The molecule has 3 aromatic rings. The number of urea groups is 1. The highest BCUT2D eigenvalue weighted by molar-refractivity contribution is 6.06. The quantitative estimate of drug-likeness (QED) is 0.574. The van der Waals surface area contributed by atoms with Crippen molar-refractivity contribution in [3.05, 3.63) is 96.1 Å². The molecule has 0 fully saturated rings. The van der Waals surface area contributed by atoms with Crippen molar-refractivity contribution in [3.63, 3.8) is 0 Å². The van der Waals surface area contributed by atoms with Crippen LogP contribution < -0.4 is 15.5 Å². The number of benzene rings is 3. The van der Waals surface area contributed by atoms with Crippen molar-refractivity contribution in [1.29, 1.82) is 0 Å². The lowest BCUT2D eigenvalue weighted by molar-refractivity contribution is 0.0993. The molecule has 154 valence electrons. The summed E-state index contributed by atoms with van der Waals surface area (Å²) in [7, 11) is 1.73. The zero-order valence-corrected chi connectivity index (χ0v) is 17.5. The van der Waals surface area contributed by atoms with Crippen molar-refractivity contribution in [2.45, 2.75) is 19.9 Å². The second kappa shape index (κ2) is 9.74. The molecule has 3 amide bonds. The fourth-order valence-electron chi connectivity index (χ4n) is 3.30. The highest BCUT2D eigenvalue weighted by Gasteiger charge is 2.19. The van der Waals surface area contributed by atoms with Gasteiger partial charge in [0.05, 0.1) is 6.04 Å². The van der Waals surface area contributed by atoms with E-state index in [1.807, 2.05) is 60.7 Å².